The Morgan fingerprint density at radius 1 is 1.10 bits per heavy atom. The number of aliphatic carboxylic acids is 1. The summed E-state index contributed by atoms with van der Waals surface area (Å²) in [5.41, 5.74) is 4.66. The molecule has 17 heteroatoms. The molecule has 0 fully saturated rings. The maximum Gasteiger partial charge on any atom is 0.490 e. The minimum Gasteiger partial charge on any atom is -0.475 e. The summed E-state index contributed by atoms with van der Waals surface area (Å²) < 4.78 is 36.7. The summed E-state index contributed by atoms with van der Waals surface area (Å²) in [6.45, 7) is 1.90. The topological polar surface area (TPSA) is 174 Å². The van der Waals surface area contributed by atoms with Crippen LogP contribution >= 0.6 is 11.6 Å². The summed E-state index contributed by atoms with van der Waals surface area (Å²) in [7, 11) is 1.82. The van der Waals surface area contributed by atoms with Gasteiger partial charge in [0.05, 0.1) is 47.0 Å². The molecule has 6 rings (SSSR count). The number of aromatic nitrogens is 7. The predicted molar refractivity (Wildman–Crippen MR) is 171 cm³/mol. The van der Waals surface area contributed by atoms with E-state index < -0.39 is 18.2 Å². The highest BCUT2D eigenvalue weighted by atomic mass is 35.5. The molecular weight excluding hydrogens is 667 g/mol. The number of aryl methyl sites for hydroxylation is 1. The number of rotatable bonds is 3. The van der Waals surface area contributed by atoms with Crippen LogP contribution in [0, 0.1) is 17.2 Å². The second-order valence-corrected chi connectivity index (χ2v) is 11.5. The average molecular weight is 694 g/mol. The fourth-order valence-corrected chi connectivity index (χ4v) is 5.50. The van der Waals surface area contributed by atoms with Gasteiger partial charge in [0, 0.05) is 47.6 Å². The molecule has 1 aliphatic heterocycles. The lowest BCUT2D eigenvalue weighted by atomic mass is 9.97. The lowest BCUT2D eigenvalue weighted by molar-refractivity contribution is -0.192. The smallest absolute Gasteiger partial charge is 0.475 e. The molecule has 252 valence electrons. The maximum atomic E-state index is 13.7. The van der Waals surface area contributed by atoms with Gasteiger partial charge >= 0.3 is 12.1 Å². The van der Waals surface area contributed by atoms with E-state index in [2.05, 4.69) is 25.4 Å². The number of imidazole rings is 1. The average Bonchev–Trinajstić information content (AvgIpc) is 3.69. The van der Waals surface area contributed by atoms with Gasteiger partial charge in [-0.2, -0.15) is 23.5 Å². The lowest BCUT2D eigenvalue weighted by Gasteiger charge is -2.22. The first-order chi connectivity index (χ1) is 23.3. The molecule has 49 heavy (non-hydrogen) atoms. The van der Waals surface area contributed by atoms with E-state index in [1.54, 1.807) is 50.6 Å². The highest BCUT2D eigenvalue weighted by Gasteiger charge is 2.38. The standard InChI is InChI=1S/C30H26ClN9O2.C2HF3O2/c1-18-4-3-5-27(24-10-19(8-9-33-24)29-25(37-30(18)42)14-36-38(29)2)40-17-35-23(12-28(40)41)22-11-20(31)6-7-26(22)39-15-21(13-32)34-16-39;3-2(4,5)1(6)7/h6-12,14-18,27H,3-5H2,1-2H3,(H,37,42);(H,6,7)/t18-,27+;/m1./s1. The van der Waals surface area contributed by atoms with Crippen molar-refractivity contribution in [2.45, 2.75) is 38.4 Å². The molecule has 1 amide bonds. The van der Waals surface area contributed by atoms with E-state index in [1.165, 1.54) is 18.7 Å². The van der Waals surface area contributed by atoms with Gasteiger partial charge in [-0.05, 0) is 43.2 Å². The number of benzene rings is 1. The van der Waals surface area contributed by atoms with Crippen LogP contribution in [-0.4, -0.2) is 57.0 Å². The van der Waals surface area contributed by atoms with Gasteiger partial charge < -0.3 is 15.0 Å². The number of alkyl halides is 3. The van der Waals surface area contributed by atoms with Gasteiger partial charge in [-0.1, -0.05) is 24.9 Å². The molecule has 2 atom stereocenters. The Morgan fingerprint density at radius 2 is 1.86 bits per heavy atom. The number of pyridine rings is 1. The third-order valence-electron chi connectivity index (χ3n) is 7.78. The van der Waals surface area contributed by atoms with Crippen LogP contribution in [0.25, 0.3) is 28.2 Å². The predicted octanol–water partition coefficient (Wildman–Crippen LogP) is 5.40. The summed E-state index contributed by atoms with van der Waals surface area (Å²) in [4.78, 5) is 49.0. The molecule has 2 N–H and O–H groups in total. The molecule has 13 nitrogen and oxygen atoms in total. The fourth-order valence-electron chi connectivity index (χ4n) is 5.33. The Bertz CT molecular complexity index is 2130. The molecule has 5 aromatic rings. The van der Waals surface area contributed by atoms with Gasteiger partial charge in [-0.3, -0.25) is 23.8 Å². The van der Waals surface area contributed by atoms with Crippen LogP contribution in [0.2, 0.25) is 5.02 Å². The summed E-state index contributed by atoms with van der Waals surface area (Å²) >= 11 is 6.33. The van der Waals surface area contributed by atoms with Crippen LogP contribution in [0.15, 0.2) is 72.4 Å². The summed E-state index contributed by atoms with van der Waals surface area (Å²) in [5.74, 6) is -3.06. The van der Waals surface area contributed by atoms with Crippen molar-refractivity contribution in [2.24, 2.45) is 13.0 Å². The number of halogens is 4. The monoisotopic (exact) mass is 693 g/mol. The Hall–Kier alpha value is -5.82. The van der Waals surface area contributed by atoms with Crippen molar-refractivity contribution in [2.75, 3.05) is 5.32 Å². The van der Waals surface area contributed by atoms with E-state index in [0.29, 0.717) is 52.6 Å². The lowest BCUT2D eigenvalue weighted by Crippen LogP contribution is -2.27. The molecule has 0 saturated heterocycles. The molecule has 0 aliphatic carbocycles. The van der Waals surface area contributed by atoms with Gasteiger partial charge in [0.25, 0.3) is 5.56 Å². The van der Waals surface area contributed by atoms with Crippen molar-refractivity contribution < 1.29 is 27.9 Å². The number of amides is 1. The minimum atomic E-state index is -5.08. The molecule has 0 radical (unpaired) electrons. The summed E-state index contributed by atoms with van der Waals surface area (Å²) in [5, 5.41) is 24.2. The van der Waals surface area contributed by atoms with Gasteiger partial charge in [-0.15, -0.1) is 0 Å². The SMILES string of the molecule is C[C@@H]1CCC[C@H](n2cnc(-c3cc(Cl)ccc3-n3cnc(C#N)c3)cc2=O)c2cc(ccn2)-c2c(cnn2C)NC1=O.O=C(O)C(F)(F)F. The molecular formula is C32H27ClF3N9O4. The van der Waals surface area contributed by atoms with Crippen molar-refractivity contribution >= 4 is 29.2 Å². The zero-order chi connectivity index (χ0) is 35.5. The van der Waals surface area contributed by atoms with Gasteiger partial charge in [0.1, 0.15) is 12.4 Å². The number of carbonyl (C=O) groups is 2. The first-order valence-electron chi connectivity index (χ1n) is 14.7. The van der Waals surface area contributed by atoms with Crippen LogP contribution in [0.1, 0.15) is 43.6 Å². The Kier molecular flexibility index (Phi) is 9.94. The van der Waals surface area contributed by atoms with E-state index in [9.17, 15) is 28.0 Å². The van der Waals surface area contributed by atoms with E-state index in [-0.39, 0.29) is 23.1 Å². The number of fused-ring (bicyclic) bond motifs is 4. The molecule has 0 saturated carbocycles. The number of anilines is 1. The number of carboxylic acid groups (broad SMARTS) is 1. The first-order valence-corrected chi connectivity index (χ1v) is 15.1. The Balaban J connectivity index is 0.000000606. The summed E-state index contributed by atoms with van der Waals surface area (Å²) in [6, 6.07) is 12.1. The summed E-state index contributed by atoms with van der Waals surface area (Å²) in [6.07, 6.45) is 4.85. The quantitative estimate of drug-likeness (QED) is 0.251. The van der Waals surface area contributed by atoms with Crippen molar-refractivity contribution in [3.63, 3.8) is 0 Å². The van der Waals surface area contributed by atoms with Crippen molar-refractivity contribution in [1.82, 2.24) is 33.9 Å². The Morgan fingerprint density at radius 3 is 2.53 bits per heavy atom. The van der Waals surface area contributed by atoms with E-state index in [1.807, 2.05) is 32.2 Å². The van der Waals surface area contributed by atoms with E-state index in [4.69, 9.17) is 21.5 Å². The maximum absolute atomic E-state index is 13.7. The molecule has 5 heterocycles. The van der Waals surface area contributed by atoms with Crippen molar-refractivity contribution in [3.8, 4) is 34.3 Å². The first kappa shape index (κ1) is 34.5. The minimum absolute atomic E-state index is 0.0732. The van der Waals surface area contributed by atoms with Crippen LogP contribution in [0.3, 0.4) is 0 Å². The number of nitrogens with zero attached hydrogens (tertiary/aromatic N) is 8. The number of nitriles is 1. The number of carbonyl (C=O) groups excluding carboxylic acids is 1. The van der Waals surface area contributed by atoms with Crippen molar-refractivity contribution in [3.05, 3.63) is 94.4 Å². The highest BCUT2D eigenvalue weighted by Crippen LogP contribution is 2.33. The molecule has 0 unspecified atom stereocenters. The van der Waals surface area contributed by atoms with Crippen LogP contribution in [-0.2, 0) is 16.6 Å². The van der Waals surface area contributed by atoms with E-state index >= 15 is 0 Å². The molecule has 1 aromatic carbocycles. The third kappa shape index (κ3) is 7.68. The van der Waals surface area contributed by atoms with E-state index in [0.717, 1.165) is 11.3 Å². The number of nitrogens with one attached hydrogen (secondary N) is 1. The van der Waals surface area contributed by atoms with Crippen molar-refractivity contribution in [1.29, 1.82) is 5.26 Å². The normalized spacial score (nSPS) is 16.1. The second-order valence-electron chi connectivity index (χ2n) is 11.1. The third-order valence-corrected chi connectivity index (χ3v) is 8.01. The molecule has 4 aromatic heterocycles. The van der Waals surface area contributed by atoms with Gasteiger partial charge in [0.15, 0.2) is 5.69 Å². The fraction of sp³-hybridized carbons (Fsp3) is 0.250. The number of hydrogen-bond donors (Lipinski definition) is 2. The zero-order valence-electron chi connectivity index (χ0n) is 25.9. The zero-order valence-corrected chi connectivity index (χ0v) is 26.6. The second kappa shape index (κ2) is 14.1. The largest absolute Gasteiger partial charge is 0.490 e. The molecule has 2 bridgehead atoms. The van der Waals surface area contributed by atoms with Gasteiger partial charge in [-0.25, -0.2) is 14.8 Å². The number of hydrogen-bond acceptors (Lipinski definition) is 8. The Labute approximate surface area is 281 Å². The van der Waals surface area contributed by atoms with Crippen LogP contribution < -0.4 is 10.9 Å². The van der Waals surface area contributed by atoms with Gasteiger partial charge in [0.2, 0.25) is 5.91 Å². The molecule has 1 aliphatic rings. The molecule has 0 spiro atoms. The highest BCUT2D eigenvalue weighted by molar-refractivity contribution is 6.31. The number of carboxylic acids is 1. The van der Waals surface area contributed by atoms with Crippen LogP contribution in [0.4, 0.5) is 18.9 Å². The van der Waals surface area contributed by atoms with Crippen LogP contribution in [0.5, 0.6) is 0 Å².